The zero-order valence-electron chi connectivity index (χ0n) is 10.8. The quantitative estimate of drug-likeness (QED) is 0.625. The van der Waals surface area contributed by atoms with E-state index in [-0.39, 0.29) is 12.3 Å². The summed E-state index contributed by atoms with van der Waals surface area (Å²) in [6.45, 7) is 1.70. The fourth-order valence-electron chi connectivity index (χ4n) is 1.38. The van der Waals surface area contributed by atoms with Gasteiger partial charge in [0.15, 0.2) is 0 Å². The molecule has 0 saturated carbocycles. The number of halogens is 1. The molecule has 1 amide bonds. The van der Waals surface area contributed by atoms with Gasteiger partial charge < -0.3 is 10.4 Å². The number of carbonyl (C=O) groups is 2. The SMILES string of the molecule is C#CCC(NC(=O)C(C)Sc1ccc(Cl)cc1)C(=O)O. The van der Waals surface area contributed by atoms with E-state index < -0.39 is 17.3 Å². The summed E-state index contributed by atoms with van der Waals surface area (Å²) in [6.07, 6.45) is 5.03. The Kier molecular flexibility index (Phi) is 6.43. The van der Waals surface area contributed by atoms with Crippen molar-refractivity contribution in [3.05, 3.63) is 29.3 Å². The Bertz CT molecular complexity index is 524. The van der Waals surface area contributed by atoms with E-state index in [0.29, 0.717) is 5.02 Å². The Hall–Kier alpha value is -1.64. The number of hydrogen-bond acceptors (Lipinski definition) is 3. The van der Waals surface area contributed by atoms with Crippen LogP contribution in [-0.2, 0) is 9.59 Å². The van der Waals surface area contributed by atoms with Crippen LogP contribution in [0.2, 0.25) is 5.02 Å². The molecule has 0 aliphatic carbocycles. The molecule has 0 spiro atoms. The lowest BCUT2D eigenvalue weighted by molar-refractivity contribution is -0.141. The van der Waals surface area contributed by atoms with Crippen LogP contribution in [0.15, 0.2) is 29.2 Å². The first kappa shape index (κ1) is 16.4. The lowest BCUT2D eigenvalue weighted by Gasteiger charge is -2.16. The van der Waals surface area contributed by atoms with Gasteiger partial charge in [-0.15, -0.1) is 24.1 Å². The number of aliphatic carboxylic acids is 1. The highest BCUT2D eigenvalue weighted by Gasteiger charge is 2.22. The Morgan fingerprint density at radius 2 is 2.05 bits per heavy atom. The molecule has 0 aliphatic heterocycles. The van der Waals surface area contributed by atoms with Crippen LogP contribution in [-0.4, -0.2) is 28.3 Å². The monoisotopic (exact) mass is 311 g/mol. The molecule has 0 fully saturated rings. The van der Waals surface area contributed by atoms with Gasteiger partial charge in [0, 0.05) is 16.3 Å². The van der Waals surface area contributed by atoms with Gasteiger partial charge >= 0.3 is 5.97 Å². The minimum atomic E-state index is -1.14. The zero-order valence-corrected chi connectivity index (χ0v) is 12.4. The predicted molar refractivity (Wildman–Crippen MR) is 79.8 cm³/mol. The zero-order chi connectivity index (χ0) is 15.1. The molecule has 106 valence electrons. The minimum Gasteiger partial charge on any atom is -0.480 e. The number of thioether (sulfide) groups is 1. The Morgan fingerprint density at radius 3 is 2.55 bits per heavy atom. The lowest BCUT2D eigenvalue weighted by atomic mass is 10.2. The maximum atomic E-state index is 11.9. The predicted octanol–water partition coefficient (Wildman–Crippen LogP) is 2.41. The Balaban J connectivity index is 2.60. The molecule has 2 N–H and O–H groups in total. The third-order valence-corrected chi connectivity index (χ3v) is 3.80. The second-order valence-corrected chi connectivity index (χ2v) is 5.87. The van der Waals surface area contributed by atoms with Gasteiger partial charge in [-0.05, 0) is 31.2 Å². The summed E-state index contributed by atoms with van der Waals surface area (Å²) in [5.41, 5.74) is 0. The molecule has 0 aliphatic rings. The molecule has 6 heteroatoms. The first-order chi connectivity index (χ1) is 9.43. The maximum absolute atomic E-state index is 11.9. The number of nitrogens with one attached hydrogen (secondary N) is 1. The highest BCUT2D eigenvalue weighted by molar-refractivity contribution is 8.00. The van der Waals surface area contributed by atoms with Crippen molar-refractivity contribution in [3.8, 4) is 12.3 Å². The second kappa shape index (κ2) is 7.83. The number of terminal acetylenes is 1. The van der Waals surface area contributed by atoms with Crippen LogP contribution < -0.4 is 5.32 Å². The van der Waals surface area contributed by atoms with Crippen LogP contribution in [0.25, 0.3) is 0 Å². The molecule has 1 aromatic rings. The number of benzene rings is 1. The normalized spacial score (nSPS) is 13.1. The molecular formula is C14H14ClNO3S. The molecular weight excluding hydrogens is 298 g/mol. The number of hydrogen-bond donors (Lipinski definition) is 2. The van der Waals surface area contributed by atoms with Gasteiger partial charge in [-0.2, -0.15) is 0 Å². The van der Waals surface area contributed by atoms with Gasteiger partial charge in [0.05, 0.1) is 5.25 Å². The minimum absolute atomic E-state index is 0.0423. The third kappa shape index (κ3) is 5.16. The molecule has 0 saturated heterocycles. The number of rotatable bonds is 6. The van der Waals surface area contributed by atoms with Crippen molar-refractivity contribution >= 4 is 35.2 Å². The van der Waals surface area contributed by atoms with Crippen LogP contribution in [0.1, 0.15) is 13.3 Å². The van der Waals surface area contributed by atoms with Crippen molar-refractivity contribution in [2.24, 2.45) is 0 Å². The Morgan fingerprint density at radius 1 is 1.45 bits per heavy atom. The summed E-state index contributed by atoms with van der Waals surface area (Å²) in [4.78, 5) is 23.7. The number of carboxylic acid groups (broad SMARTS) is 1. The average Bonchev–Trinajstić information content (AvgIpc) is 2.40. The van der Waals surface area contributed by atoms with E-state index in [4.69, 9.17) is 23.1 Å². The van der Waals surface area contributed by atoms with E-state index in [1.54, 1.807) is 31.2 Å². The first-order valence-electron chi connectivity index (χ1n) is 5.83. The van der Waals surface area contributed by atoms with E-state index in [0.717, 1.165) is 4.90 Å². The van der Waals surface area contributed by atoms with Crippen LogP contribution in [0.3, 0.4) is 0 Å². The summed E-state index contributed by atoms with van der Waals surface area (Å²) in [6, 6.07) is 6.00. The smallest absolute Gasteiger partial charge is 0.327 e. The molecule has 0 bridgehead atoms. The van der Waals surface area contributed by atoms with Gasteiger partial charge in [-0.1, -0.05) is 11.6 Å². The number of carboxylic acids is 1. The molecule has 4 nitrogen and oxygen atoms in total. The molecule has 0 radical (unpaired) electrons. The van der Waals surface area contributed by atoms with Crippen LogP contribution in [0.5, 0.6) is 0 Å². The van der Waals surface area contributed by atoms with E-state index in [9.17, 15) is 9.59 Å². The molecule has 0 heterocycles. The summed E-state index contributed by atoms with van der Waals surface area (Å²) >= 11 is 7.09. The van der Waals surface area contributed by atoms with E-state index in [1.165, 1.54) is 11.8 Å². The van der Waals surface area contributed by atoms with Gasteiger partial charge in [0.1, 0.15) is 6.04 Å². The summed E-state index contributed by atoms with van der Waals surface area (Å²) in [5.74, 6) is 0.725. The lowest BCUT2D eigenvalue weighted by Crippen LogP contribution is -2.43. The highest BCUT2D eigenvalue weighted by Crippen LogP contribution is 2.24. The second-order valence-electron chi connectivity index (χ2n) is 4.02. The van der Waals surface area contributed by atoms with Crippen molar-refractivity contribution in [3.63, 3.8) is 0 Å². The molecule has 1 rings (SSSR count). The van der Waals surface area contributed by atoms with E-state index >= 15 is 0 Å². The largest absolute Gasteiger partial charge is 0.480 e. The van der Waals surface area contributed by atoms with Crippen LogP contribution in [0.4, 0.5) is 0 Å². The summed E-state index contributed by atoms with van der Waals surface area (Å²) in [7, 11) is 0. The van der Waals surface area contributed by atoms with Gasteiger partial charge in [-0.25, -0.2) is 4.79 Å². The fourth-order valence-corrected chi connectivity index (χ4v) is 2.38. The summed E-state index contributed by atoms with van der Waals surface area (Å²) < 4.78 is 0. The van der Waals surface area contributed by atoms with Crippen molar-refractivity contribution in [1.82, 2.24) is 5.32 Å². The van der Waals surface area contributed by atoms with Gasteiger partial charge in [0.25, 0.3) is 0 Å². The number of carbonyl (C=O) groups excluding carboxylic acids is 1. The molecule has 2 unspecified atom stereocenters. The highest BCUT2D eigenvalue weighted by atomic mass is 35.5. The van der Waals surface area contributed by atoms with E-state index in [2.05, 4.69) is 11.2 Å². The Labute approximate surface area is 126 Å². The van der Waals surface area contributed by atoms with Crippen LogP contribution in [0, 0.1) is 12.3 Å². The third-order valence-electron chi connectivity index (χ3n) is 2.43. The van der Waals surface area contributed by atoms with Crippen molar-refractivity contribution in [1.29, 1.82) is 0 Å². The molecule has 1 aromatic carbocycles. The van der Waals surface area contributed by atoms with Gasteiger partial charge in [0.2, 0.25) is 5.91 Å². The molecule has 0 aromatic heterocycles. The maximum Gasteiger partial charge on any atom is 0.327 e. The van der Waals surface area contributed by atoms with E-state index in [1.807, 2.05) is 0 Å². The number of amides is 1. The summed E-state index contributed by atoms with van der Waals surface area (Å²) in [5, 5.41) is 11.5. The van der Waals surface area contributed by atoms with Crippen molar-refractivity contribution in [2.45, 2.75) is 29.5 Å². The standard InChI is InChI=1S/C14H14ClNO3S/c1-3-4-12(14(18)19)16-13(17)9(2)20-11-7-5-10(15)6-8-11/h1,5-9,12H,4H2,2H3,(H,16,17)(H,18,19). The van der Waals surface area contributed by atoms with Crippen molar-refractivity contribution < 1.29 is 14.7 Å². The average molecular weight is 312 g/mol. The topological polar surface area (TPSA) is 66.4 Å². The first-order valence-corrected chi connectivity index (χ1v) is 7.08. The van der Waals surface area contributed by atoms with Gasteiger partial charge in [-0.3, -0.25) is 4.79 Å². The van der Waals surface area contributed by atoms with Crippen molar-refractivity contribution in [2.75, 3.05) is 0 Å². The van der Waals surface area contributed by atoms with Crippen LogP contribution >= 0.6 is 23.4 Å². The fraction of sp³-hybridized carbons (Fsp3) is 0.286. The molecule has 2 atom stereocenters. The molecule has 20 heavy (non-hydrogen) atoms.